The van der Waals surface area contributed by atoms with E-state index in [9.17, 15) is 4.79 Å². The van der Waals surface area contributed by atoms with Gasteiger partial charge in [-0.15, -0.1) is 0 Å². The molecular formula is C12H16N2O. The van der Waals surface area contributed by atoms with E-state index >= 15 is 0 Å². The predicted octanol–water partition coefficient (Wildman–Crippen LogP) is 2.39. The van der Waals surface area contributed by atoms with Gasteiger partial charge in [0.05, 0.1) is 11.4 Å². The number of hydrogen-bond donors (Lipinski definition) is 2. The van der Waals surface area contributed by atoms with E-state index in [2.05, 4.69) is 23.6 Å². The molecule has 1 heterocycles. The van der Waals surface area contributed by atoms with Crippen molar-refractivity contribution >= 4 is 17.3 Å². The fourth-order valence-electron chi connectivity index (χ4n) is 1.80. The van der Waals surface area contributed by atoms with Crippen LogP contribution in [-0.2, 0) is 11.2 Å². The van der Waals surface area contributed by atoms with Crippen LogP contribution in [0.15, 0.2) is 18.2 Å². The highest BCUT2D eigenvalue weighted by Crippen LogP contribution is 2.28. The SMILES string of the molecule is CCc1ccc2c(c1)NC(=O)C(CC)N2. The summed E-state index contributed by atoms with van der Waals surface area (Å²) in [5.74, 6) is 0.0678. The van der Waals surface area contributed by atoms with E-state index in [1.165, 1.54) is 5.56 Å². The Hall–Kier alpha value is -1.51. The Kier molecular flexibility index (Phi) is 2.62. The average molecular weight is 204 g/mol. The molecule has 1 aliphatic heterocycles. The molecule has 1 aromatic rings. The van der Waals surface area contributed by atoms with Crippen LogP contribution in [0.1, 0.15) is 25.8 Å². The van der Waals surface area contributed by atoms with E-state index < -0.39 is 0 Å². The molecule has 0 spiro atoms. The maximum atomic E-state index is 11.6. The van der Waals surface area contributed by atoms with Crippen molar-refractivity contribution in [2.24, 2.45) is 0 Å². The van der Waals surface area contributed by atoms with Gasteiger partial charge >= 0.3 is 0 Å². The van der Waals surface area contributed by atoms with Gasteiger partial charge in [-0.3, -0.25) is 4.79 Å². The molecule has 0 saturated carbocycles. The van der Waals surface area contributed by atoms with Crippen LogP contribution in [0.25, 0.3) is 0 Å². The molecule has 3 nitrogen and oxygen atoms in total. The van der Waals surface area contributed by atoms with Gasteiger partial charge in [0.15, 0.2) is 0 Å². The molecule has 2 rings (SSSR count). The molecule has 2 N–H and O–H groups in total. The molecule has 80 valence electrons. The molecule has 1 amide bonds. The number of rotatable bonds is 2. The lowest BCUT2D eigenvalue weighted by Gasteiger charge is -2.26. The second-order valence-electron chi connectivity index (χ2n) is 3.83. The maximum absolute atomic E-state index is 11.6. The summed E-state index contributed by atoms with van der Waals surface area (Å²) >= 11 is 0. The van der Waals surface area contributed by atoms with Crippen molar-refractivity contribution in [1.82, 2.24) is 0 Å². The van der Waals surface area contributed by atoms with E-state index in [1.807, 2.05) is 19.1 Å². The third kappa shape index (κ3) is 1.82. The summed E-state index contributed by atoms with van der Waals surface area (Å²) in [6.45, 7) is 4.11. The highest BCUT2D eigenvalue weighted by molar-refractivity contribution is 6.02. The van der Waals surface area contributed by atoms with Crippen LogP contribution in [-0.4, -0.2) is 11.9 Å². The van der Waals surface area contributed by atoms with Crippen molar-refractivity contribution in [2.75, 3.05) is 10.6 Å². The molecule has 0 bridgehead atoms. The van der Waals surface area contributed by atoms with Crippen LogP contribution in [0.2, 0.25) is 0 Å². The second kappa shape index (κ2) is 3.93. The third-order valence-corrected chi connectivity index (χ3v) is 2.80. The Bertz CT molecular complexity index is 387. The number of benzene rings is 1. The van der Waals surface area contributed by atoms with E-state index in [1.54, 1.807) is 0 Å². The topological polar surface area (TPSA) is 41.1 Å². The number of carbonyl (C=O) groups is 1. The number of anilines is 2. The van der Waals surface area contributed by atoms with Gasteiger partial charge < -0.3 is 10.6 Å². The summed E-state index contributed by atoms with van der Waals surface area (Å²) in [6, 6.07) is 6.07. The number of hydrogen-bond acceptors (Lipinski definition) is 2. The first-order valence-corrected chi connectivity index (χ1v) is 5.45. The van der Waals surface area contributed by atoms with E-state index in [-0.39, 0.29) is 11.9 Å². The van der Waals surface area contributed by atoms with Crippen molar-refractivity contribution < 1.29 is 4.79 Å². The molecule has 1 aromatic carbocycles. The minimum absolute atomic E-state index is 0.0678. The van der Waals surface area contributed by atoms with Crippen molar-refractivity contribution in [1.29, 1.82) is 0 Å². The lowest BCUT2D eigenvalue weighted by atomic mass is 10.1. The molecule has 1 aliphatic rings. The highest BCUT2D eigenvalue weighted by atomic mass is 16.2. The largest absolute Gasteiger partial charge is 0.372 e. The first-order valence-electron chi connectivity index (χ1n) is 5.45. The second-order valence-corrected chi connectivity index (χ2v) is 3.83. The summed E-state index contributed by atoms with van der Waals surface area (Å²) in [7, 11) is 0. The highest BCUT2D eigenvalue weighted by Gasteiger charge is 2.23. The van der Waals surface area contributed by atoms with E-state index in [0.717, 1.165) is 24.2 Å². The normalized spacial score (nSPS) is 19.1. The monoisotopic (exact) mass is 204 g/mol. The fraction of sp³-hybridized carbons (Fsp3) is 0.417. The molecule has 0 saturated heterocycles. The van der Waals surface area contributed by atoms with Crippen LogP contribution in [0.4, 0.5) is 11.4 Å². The molecule has 15 heavy (non-hydrogen) atoms. The molecule has 0 fully saturated rings. The van der Waals surface area contributed by atoms with Crippen molar-refractivity contribution in [3.8, 4) is 0 Å². The van der Waals surface area contributed by atoms with Crippen molar-refractivity contribution in [3.05, 3.63) is 23.8 Å². The zero-order valence-corrected chi connectivity index (χ0v) is 9.13. The molecule has 0 aromatic heterocycles. The van der Waals surface area contributed by atoms with Crippen LogP contribution in [0, 0.1) is 0 Å². The Morgan fingerprint density at radius 2 is 2.07 bits per heavy atom. The molecular weight excluding hydrogens is 188 g/mol. The van der Waals surface area contributed by atoms with Gasteiger partial charge in [0.2, 0.25) is 5.91 Å². The van der Waals surface area contributed by atoms with Crippen molar-refractivity contribution in [2.45, 2.75) is 32.7 Å². The first kappa shape index (κ1) is 10.0. The minimum Gasteiger partial charge on any atom is -0.372 e. The zero-order valence-electron chi connectivity index (χ0n) is 9.13. The van der Waals surface area contributed by atoms with Crippen molar-refractivity contribution in [3.63, 3.8) is 0 Å². The lowest BCUT2D eigenvalue weighted by Crippen LogP contribution is -2.38. The van der Waals surface area contributed by atoms with Gasteiger partial charge in [0.1, 0.15) is 6.04 Å². The van der Waals surface area contributed by atoms with Gasteiger partial charge in [-0.25, -0.2) is 0 Å². The summed E-state index contributed by atoms with van der Waals surface area (Å²) < 4.78 is 0. The molecule has 1 unspecified atom stereocenters. The summed E-state index contributed by atoms with van der Waals surface area (Å²) in [5, 5.41) is 6.17. The molecule has 0 radical (unpaired) electrons. The number of fused-ring (bicyclic) bond motifs is 1. The van der Waals surface area contributed by atoms with Crippen LogP contribution in [0.5, 0.6) is 0 Å². The summed E-state index contributed by atoms with van der Waals surface area (Å²) in [5.41, 5.74) is 3.17. The maximum Gasteiger partial charge on any atom is 0.246 e. The van der Waals surface area contributed by atoms with Gasteiger partial charge in [-0.05, 0) is 30.5 Å². The number of amides is 1. The molecule has 0 aliphatic carbocycles. The zero-order chi connectivity index (χ0) is 10.8. The first-order chi connectivity index (χ1) is 7.24. The summed E-state index contributed by atoms with van der Waals surface area (Å²) in [4.78, 5) is 11.6. The average Bonchev–Trinajstić information content (AvgIpc) is 2.27. The van der Waals surface area contributed by atoms with Gasteiger partial charge in [-0.2, -0.15) is 0 Å². The van der Waals surface area contributed by atoms with Gasteiger partial charge in [0.25, 0.3) is 0 Å². The lowest BCUT2D eigenvalue weighted by molar-refractivity contribution is -0.117. The molecule has 1 atom stereocenters. The summed E-state index contributed by atoms with van der Waals surface area (Å²) in [6.07, 6.45) is 1.79. The Morgan fingerprint density at radius 1 is 1.27 bits per heavy atom. The smallest absolute Gasteiger partial charge is 0.246 e. The number of aryl methyl sites for hydroxylation is 1. The Labute approximate surface area is 89.9 Å². The standard InChI is InChI=1S/C12H16N2O/c1-3-8-5-6-10-11(7-8)14-12(15)9(4-2)13-10/h5-7,9,13H,3-4H2,1-2H3,(H,14,15). The predicted molar refractivity (Wildman–Crippen MR) is 62.2 cm³/mol. The quantitative estimate of drug-likeness (QED) is 0.776. The van der Waals surface area contributed by atoms with E-state index in [4.69, 9.17) is 0 Å². The van der Waals surface area contributed by atoms with Gasteiger partial charge in [-0.1, -0.05) is 19.9 Å². The molecule has 3 heteroatoms. The number of nitrogens with one attached hydrogen (secondary N) is 2. The van der Waals surface area contributed by atoms with E-state index in [0.29, 0.717) is 0 Å². The van der Waals surface area contributed by atoms with Gasteiger partial charge in [0, 0.05) is 0 Å². The third-order valence-electron chi connectivity index (χ3n) is 2.80. The minimum atomic E-state index is -0.0926. The number of carbonyl (C=O) groups excluding carboxylic acids is 1. The van der Waals surface area contributed by atoms with Crippen LogP contribution < -0.4 is 10.6 Å². The van der Waals surface area contributed by atoms with Crippen LogP contribution in [0.3, 0.4) is 0 Å². The Morgan fingerprint density at radius 3 is 2.73 bits per heavy atom. The Balaban J connectivity index is 2.32. The van der Waals surface area contributed by atoms with Crippen LogP contribution >= 0.6 is 0 Å². The fourth-order valence-corrected chi connectivity index (χ4v) is 1.80.